The van der Waals surface area contributed by atoms with Crippen molar-refractivity contribution < 1.29 is 9.59 Å². The monoisotopic (exact) mass is 396 g/mol. The van der Waals surface area contributed by atoms with Crippen LogP contribution in [0.3, 0.4) is 0 Å². The van der Waals surface area contributed by atoms with Crippen LogP contribution in [0, 0.1) is 17.8 Å². The standard InChI is InChI=1S/C21H28N6O2/c1-13(27-12-23-11-24-27)20(28)25-17-5-7-18(8-6-17)26-21(29)16-9-14-3-2-4-15(10-16)19(14)22/h5-8,11-16,19H,2-4,9-10,22H2,1H3,(H,25,28)(H,26,29). The van der Waals surface area contributed by atoms with Crippen LogP contribution in [0.5, 0.6) is 0 Å². The van der Waals surface area contributed by atoms with Crippen molar-refractivity contribution in [3.05, 3.63) is 36.9 Å². The molecule has 0 saturated heterocycles. The predicted molar refractivity (Wildman–Crippen MR) is 110 cm³/mol. The Kier molecular flexibility index (Phi) is 5.62. The molecule has 3 unspecified atom stereocenters. The predicted octanol–water partition coefficient (Wildman–Crippen LogP) is 2.57. The second-order valence-electron chi connectivity index (χ2n) is 8.30. The number of rotatable bonds is 5. The van der Waals surface area contributed by atoms with E-state index in [2.05, 4.69) is 20.7 Å². The summed E-state index contributed by atoms with van der Waals surface area (Å²) in [6, 6.07) is 6.98. The molecule has 29 heavy (non-hydrogen) atoms. The molecule has 0 aliphatic heterocycles. The molecule has 2 aliphatic carbocycles. The largest absolute Gasteiger partial charge is 0.327 e. The number of hydrogen-bond acceptors (Lipinski definition) is 5. The van der Waals surface area contributed by atoms with Gasteiger partial charge in [-0.1, -0.05) is 6.42 Å². The maximum absolute atomic E-state index is 12.8. The average Bonchev–Trinajstić information content (AvgIpc) is 3.23. The Morgan fingerprint density at radius 1 is 1.10 bits per heavy atom. The number of nitrogens with two attached hydrogens (primary N) is 1. The zero-order valence-corrected chi connectivity index (χ0v) is 16.6. The van der Waals surface area contributed by atoms with Gasteiger partial charge < -0.3 is 16.4 Å². The molecule has 8 nitrogen and oxygen atoms in total. The van der Waals surface area contributed by atoms with Crippen LogP contribution in [0.15, 0.2) is 36.9 Å². The lowest BCUT2D eigenvalue weighted by molar-refractivity contribution is -0.122. The molecule has 0 spiro atoms. The Labute approximate surface area is 170 Å². The number of nitrogens with zero attached hydrogens (tertiary/aromatic N) is 3. The van der Waals surface area contributed by atoms with Crippen LogP contribution < -0.4 is 16.4 Å². The fourth-order valence-corrected chi connectivity index (χ4v) is 4.67. The van der Waals surface area contributed by atoms with Crippen LogP contribution in [0.1, 0.15) is 45.1 Å². The van der Waals surface area contributed by atoms with Crippen molar-refractivity contribution in [3.8, 4) is 0 Å². The molecule has 1 aromatic heterocycles. The highest BCUT2D eigenvalue weighted by Crippen LogP contribution is 2.42. The first-order valence-electron chi connectivity index (χ1n) is 10.3. The number of hydrogen-bond donors (Lipinski definition) is 3. The van der Waals surface area contributed by atoms with Crippen LogP contribution in [0.25, 0.3) is 0 Å². The highest BCUT2D eigenvalue weighted by Gasteiger charge is 2.40. The minimum absolute atomic E-state index is 0.0352. The Morgan fingerprint density at radius 3 is 2.31 bits per heavy atom. The molecule has 1 aromatic carbocycles. The SMILES string of the molecule is CC(C(=O)Nc1ccc(NC(=O)C2CC3CCCC(C2)C3N)cc1)n1cncn1. The van der Waals surface area contributed by atoms with Gasteiger partial charge in [0.1, 0.15) is 18.7 Å². The van der Waals surface area contributed by atoms with Gasteiger partial charge in [-0.3, -0.25) is 9.59 Å². The lowest BCUT2D eigenvalue weighted by atomic mass is 9.65. The molecule has 2 amide bonds. The highest BCUT2D eigenvalue weighted by molar-refractivity contribution is 5.95. The number of aromatic nitrogens is 3. The molecule has 1 heterocycles. The van der Waals surface area contributed by atoms with E-state index in [0.29, 0.717) is 17.5 Å². The molecule has 2 saturated carbocycles. The molecule has 4 rings (SSSR count). The van der Waals surface area contributed by atoms with Gasteiger partial charge in [-0.25, -0.2) is 9.67 Å². The summed E-state index contributed by atoms with van der Waals surface area (Å²) in [5.41, 5.74) is 7.73. The fraction of sp³-hybridized carbons (Fsp3) is 0.524. The molecule has 2 aromatic rings. The van der Waals surface area contributed by atoms with Crippen LogP contribution in [0.4, 0.5) is 11.4 Å². The van der Waals surface area contributed by atoms with Gasteiger partial charge in [-0.05, 0) is 68.7 Å². The normalized spacial score (nSPS) is 27.1. The van der Waals surface area contributed by atoms with Crippen molar-refractivity contribution in [2.45, 2.75) is 51.1 Å². The smallest absolute Gasteiger partial charge is 0.249 e. The number of amides is 2. The average molecular weight is 396 g/mol. The van der Waals surface area contributed by atoms with Gasteiger partial charge in [0.2, 0.25) is 11.8 Å². The Balaban J connectivity index is 1.32. The van der Waals surface area contributed by atoms with Gasteiger partial charge >= 0.3 is 0 Å². The summed E-state index contributed by atoms with van der Waals surface area (Å²) in [6.45, 7) is 1.75. The molecule has 8 heteroatoms. The van der Waals surface area contributed by atoms with Crippen LogP contribution in [-0.2, 0) is 9.59 Å². The third-order valence-electron chi connectivity index (χ3n) is 6.42. The van der Waals surface area contributed by atoms with E-state index in [1.807, 2.05) is 12.1 Å². The molecule has 0 radical (unpaired) electrons. The molecule has 2 bridgehead atoms. The minimum Gasteiger partial charge on any atom is -0.327 e. The topological polar surface area (TPSA) is 115 Å². The van der Waals surface area contributed by atoms with E-state index in [0.717, 1.165) is 31.4 Å². The molecular weight excluding hydrogens is 368 g/mol. The Morgan fingerprint density at radius 2 is 1.72 bits per heavy atom. The minimum atomic E-state index is -0.464. The number of carbonyl (C=O) groups is 2. The zero-order valence-electron chi connectivity index (χ0n) is 16.6. The van der Waals surface area contributed by atoms with Gasteiger partial charge in [-0.2, -0.15) is 5.10 Å². The molecule has 4 N–H and O–H groups in total. The van der Waals surface area contributed by atoms with E-state index in [1.165, 1.54) is 23.8 Å². The van der Waals surface area contributed by atoms with Crippen molar-refractivity contribution in [1.29, 1.82) is 0 Å². The first-order chi connectivity index (χ1) is 14.0. The quantitative estimate of drug-likeness (QED) is 0.718. The fourth-order valence-electron chi connectivity index (χ4n) is 4.67. The van der Waals surface area contributed by atoms with E-state index in [1.54, 1.807) is 19.1 Å². The van der Waals surface area contributed by atoms with Gasteiger partial charge in [0.15, 0.2) is 0 Å². The number of carbonyl (C=O) groups excluding carboxylic acids is 2. The summed E-state index contributed by atoms with van der Waals surface area (Å²) < 4.78 is 1.50. The van der Waals surface area contributed by atoms with Crippen molar-refractivity contribution in [2.75, 3.05) is 10.6 Å². The summed E-state index contributed by atoms with van der Waals surface area (Å²) in [5, 5.41) is 9.86. The second kappa shape index (κ2) is 8.32. The van der Waals surface area contributed by atoms with Crippen molar-refractivity contribution in [3.63, 3.8) is 0 Å². The molecule has 2 aliphatic rings. The van der Waals surface area contributed by atoms with E-state index >= 15 is 0 Å². The van der Waals surface area contributed by atoms with E-state index < -0.39 is 6.04 Å². The lowest BCUT2D eigenvalue weighted by Gasteiger charge is -2.43. The lowest BCUT2D eigenvalue weighted by Crippen LogP contribution is -2.48. The van der Waals surface area contributed by atoms with Crippen LogP contribution in [-0.4, -0.2) is 32.6 Å². The van der Waals surface area contributed by atoms with Crippen LogP contribution >= 0.6 is 0 Å². The summed E-state index contributed by atoms with van der Waals surface area (Å²) in [4.78, 5) is 28.9. The zero-order chi connectivity index (χ0) is 20.4. The number of benzene rings is 1. The van der Waals surface area contributed by atoms with Gasteiger partial charge in [-0.15, -0.1) is 0 Å². The number of fused-ring (bicyclic) bond motifs is 2. The van der Waals surface area contributed by atoms with Gasteiger partial charge in [0.05, 0.1) is 0 Å². The van der Waals surface area contributed by atoms with Crippen molar-refractivity contribution in [2.24, 2.45) is 23.5 Å². The molecule has 2 fully saturated rings. The second-order valence-corrected chi connectivity index (χ2v) is 8.30. The Bertz CT molecular complexity index is 837. The van der Waals surface area contributed by atoms with Gasteiger partial charge in [0.25, 0.3) is 0 Å². The van der Waals surface area contributed by atoms with Gasteiger partial charge in [0, 0.05) is 23.3 Å². The maximum atomic E-state index is 12.8. The van der Waals surface area contributed by atoms with E-state index in [9.17, 15) is 9.59 Å². The number of nitrogens with one attached hydrogen (secondary N) is 2. The first-order valence-corrected chi connectivity index (χ1v) is 10.3. The third kappa shape index (κ3) is 4.32. The highest BCUT2D eigenvalue weighted by atomic mass is 16.2. The molecular formula is C21H28N6O2. The van der Waals surface area contributed by atoms with E-state index in [-0.39, 0.29) is 23.8 Å². The maximum Gasteiger partial charge on any atom is 0.249 e. The Hall–Kier alpha value is -2.74. The van der Waals surface area contributed by atoms with Crippen molar-refractivity contribution >= 4 is 23.2 Å². The summed E-state index contributed by atoms with van der Waals surface area (Å²) in [6.07, 6.45) is 8.20. The van der Waals surface area contributed by atoms with E-state index in [4.69, 9.17) is 5.73 Å². The first kappa shape index (κ1) is 19.6. The summed E-state index contributed by atoms with van der Waals surface area (Å²) >= 11 is 0. The van der Waals surface area contributed by atoms with Crippen molar-refractivity contribution in [1.82, 2.24) is 14.8 Å². The van der Waals surface area contributed by atoms with Crippen LogP contribution in [0.2, 0.25) is 0 Å². The third-order valence-corrected chi connectivity index (χ3v) is 6.42. The molecule has 3 atom stereocenters. The molecule has 154 valence electrons. The summed E-state index contributed by atoms with van der Waals surface area (Å²) in [7, 11) is 0. The number of anilines is 2. The summed E-state index contributed by atoms with van der Waals surface area (Å²) in [5.74, 6) is 0.876.